The van der Waals surface area contributed by atoms with Crippen LogP contribution in [0, 0.1) is 5.92 Å². The zero-order valence-electron chi connectivity index (χ0n) is 7.10. The van der Waals surface area contributed by atoms with Gasteiger partial charge < -0.3 is 0 Å². The predicted octanol–water partition coefficient (Wildman–Crippen LogP) is 0.378. The Hall–Kier alpha value is 0.190. The van der Waals surface area contributed by atoms with E-state index in [1.807, 2.05) is 0 Å². The van der Waals surface area contributed by atoms with Crippen LogP contribution in [-0.2, 0) is 18.9 Å². The van der Waals surface area contributed by atoms with Crippen LogP contribution in [0.15, 0.2) is 0 Å². The minimum Gasteiger partial charge on any atom is -0.229 e. The average Bonchev–Trinajstić information content (AvgIpc) is 2.26. The van der Waals surface area contributed by atoms with Crippen molar-refractivity contribution in [3.8, 4) is 0 Å². The van der Waals surface area contributed by atoms with Crippen molar-refractivity contribution in [3.05, 3.63) is 0 Å². The van der Waals surface area contributed by atoms with Crippen LogP contribution in [0.5, 0.6) is 0 Å². The van der Waals surface area contributed by atoms with Crippen LogP contribution in [0.1, 0.15) is 13.3 Å². The Balaban J connectivity index is 2.79. The molecule has 0 saturated carbocycles. The molecule has 0 aliphatic carbocycles. The zero-order chi connectivity index (χ0) is 10.3. The first-order valence-corrected chi connectivity index (χ1v) is 8.06. The largest absolute Gasteiger partial charge is 0.235 e. The van der Waals surface area contributed by atoms with Gasteiger partial charge in [0.15, 0.2) is 9.84 Å². The molecule has 1 aliphatic rings. The van der Waals surface area contributed by atoms with Gasteiger partial charge in [-0.25, -0.2) is 16.8 Å². The maximum atomic E-state index is 11.0. The molecule has 0 N–H and O–H groups in total. The molecule has 1 saturated heterocycles. The summed E-state index contributed by atoms with van der Waals surface area (Å²) >= 11 is 0. The first kappa shape index (κ1) is 11.3. The van der Waals surface area contributed by atoms with Gasteiger partial charge >= 0.3 is 0 Å². The van der Waals surface area contributed by atoms with Gasteiger partial charge in [-0.05, 0) is 19.3 Å². The van der Waals surface area contributed by atoms with E-state index in [0.29, 0.717) is 6.42 Å². The van der Waals surface area contributed by atoms with Gasteiger partial charge in [-0.2, -0.15) is 0 Å². The third-order valence-corrected chi connectivity index (χ3v) is 6.29. The van der Waals surface area contributed by atoms with Crippen LogP contribution in [0.4, 0.5) is 0 Å². The Morgan fingerprint density at radius 2 is 2.00 bits per heavy atom. The smallest absolute Gasteiger partial charge is 0.229 e. The summed E-state index contributed by atoms with van der Waals surface area (Å²) in [5, 5.41) is -0.772. The van der Waals surface area contributed by atoms with E-state index >= 15 is 0 Å². The van der Waals surface area contributed by atoms with Crippen molar-refractivity contribution in [2.24, 2.45) is 5.92 Å². The molecule has 2 unspecified atom stereocenters. The molecule has 7 heteroatoms. The summed E-state index contributed by atoms with van der Waals surface area (Å²) in [5.41, 5.74) is 0. The summed E-state index contributed by atoms with van der Waals surface area (Å²) in [4.78, 5) is 0. The van der Waals surface area contributed by atoms with Crippen LogP contribution < -0.4 is 0 Å². The molecule has 0 aromatic rings. The summed E-state index contributed by atoms with van der Waals surface area (Å²) in [5.74, 6) is -0.318. The van der Waals surface area contributed by atoms with Crippen molar-refractivity contribution in [1.82, 2.24) is 0 Å². The first-order valence-electron chi connectivity index (χ1n) is 3.86. The molecule has 78 valence electrons. The molecular formula is C6H11ClO4S2. The summed E-state index contributed by atoms with van der Waals surface area (Å²) in [6, 6.07) is 0. The zero-order valence-corrected chi connectivity index (χ0v) is 9.49. The van der Waals surface area contributed by atoms with Gasteiger partial charge in [0, 0.05) is 10.7 Å². The van der Waals surface area contributed by atoms with Crippen LogP contribution in [0.3, 0.4) is 0 Å². The van der Waals surface area contributed by atoms with Crippen LogP contribution in [0.2, 0.25) is 0 Å². The molecule has 1 aliphatic heterocycles. The molecule has 0 radical (unpaired) electrons. The summed E-state index contributed by atoms with van der Waals surface area (Å²) in [7, 11) is -1.52. The summed E-state index contributed by atoms with van der Waals surface area (Å²) in [6.45, 7) is 1.45. The second-order valence-corrected chi connectivity index (χ2v) is 8.56. The van der Waals surface area contributed by atoms with Gasteiger partial charge in [-0.15, -0.1) is 0 Å². The molecular weight excluding hydrogens is 236 g/mol. The van der Waals surface area contributed by atoms with Gasteiger partial charge in [0.1, 0.15) is 0 Å². The Morgan fingerprint density at radius 1 is 1.46 bits per heavy atom. The maximum absolute atomic E-state index is 11.0. The normalized spacial score (nSPS) is 30.2. The fourth-order valence-electron chi connectivity index (χ4n) is 1.42. The van der Waals surface area contributed by atoms with E-state index in [1.54, 1.807) is 0 Å². The number of rotatable bonds is 2. The van der Waals surface area contributed by atoms with E-state index in [-0.39, 0.29) is 17.4 Å². The molecule has 0 aromatic heterocycles. The standard InChI is InChI=1S/C6H11ClO4S2/c1-5(13(7,10)11)6-2-3-12(8,9)4-6/h5-6H,2-4H2,1H3. The van der Waals surface area contributed by atoms with Crippen LogP contribution in [-0.4, -0.2) is 33.6 Å². The summed E-state index contributed by atoms with van der Waals surface area (Å²) in [6.07, 6.45) is 0.398. The van der Waals surface area contributed by atoms with Crippen molar-refractivity contribution in [1.29, 1.82) is 0 Å². The molecule has 4 nitrogen and oxygen atoms in total. The lowest BCUT2D eigenvalue weighted by molar-refractivity contribution is 0.536. The van der Waals surface area contributed by atoms with Gasteiger partial charge in [0.2, 0.25) is 9.05 Å². The Morgan fingerprint density at radius 3 is 2.31 bits per heavy atom. The number of hydrogen-bond acceptors (Lipinski definition) is 4. The lowest BCUT2D eigenvalue weighted by Gasteiger charge is -2.13. The van der Waals surface area contributed by atoms with Gasteiger partial charge in [-0.1, -0.05) is 0 Å². The van der Waals surface area contributed by atoms with Crippen molar-refractivity contribution in [3.63, 3.8) is 0 Å². The van der Waals surface area contributed by atoms with Crippen molar-refractivity contribution < 1.29 is 16.8 Å². The highest BCUT2D eigenvalue weighted by molar-refractivity contribution is 8.14. The molecule has 0 bridgehead atoms. The topological polar surface area (TPSA) is 68.3 Å². The van der Waals surface area contributed by atoms with Crippen molar-refractivity contribution >= 4 is 29.6 Å². The molecule has 1 fully saturated rings. The molecule has 0 aromatic carbocycles. The third-order valence-electron chi connectivity index (χ3n) is 2.38. The highest BCUT2D eigenvalue weighted by atomic mass is 35.7. The van der Waals surface area contributed by atoms with Crippen molar-refractivity contribution in [2.45, 2.75) is 18.6 Å². The van der Waals surface area contributed by atoms with E-state index in [9.17, 15) is 16.8 Å². The Bertz CT molecular complexity index is 383. The molecule has 1 heterocycles. The molecule has 13 heavy (non-hydrogen) atoms. The highest BCUT2D eigenvalue weighted by Crippen LogP contribution is 2.27. The Kier molecular flexibility index (Phi) is 2.95. The monoisotopic (exact) mass is 246 g/mol. The molecule has 0 spiro atoms. The Labute approximate surface area is 82.6 Å². The predicted molar refractivity (Wildman–Crippen MR) is 51.0 cm³/mol. The van der Waals surface area contributed by atoms with E-state index in [4.69, 9.17) is 10.7 Å². The lowest BCUT2D eigenvalue weighted by atomic mass is 10.1. The number of sulfone groups is 1. The quantitative estimate of drug-likeness (QED) is 0.661. The second-order valence-electron chi connectivity index (χ2n) is 3.34. The molecule has 2 atom stereocenters. The minimum absolute atomic E-state index is 0.0554. The van der Waals surface area contributed by atoms with Gasteiger partial charge in [-0.3, -0.25) is 0 Å². The lowest BCUT2D eigenvalue weighted by Crippen LogP contribution is -2.24. The number of hydrogen-bond donors (Lipinski definition) is 0. The van der Waals surface area contributed by atoms with Crippen LogP contribution >= 0.6 is 10.7 Å². The number of halogens is 1. The van der Waals surface area contributed by atoms with Gasteiger partial charge in [0.05, 0.1) is 16.8 Å². The SMILES string of the molecule is CC(C1CCS(=O)(=O)C1)S(=O)(=O)Cl. The molecule has 1 rings (SSSR count). The highest BCUT2D eigenvalue weighted by Gasteiger charge is 2.36. The first-order chi connectivity index (χ1) is 5.72. The average molecular weight is 247 g/mol. The summed E-state index contributed by atoms with van der Waals surface area (Å²) < 4.78 is 43.9. The van der Waals surface area contributed by atoms with E-state index in [0.717, 1.165) is 0 Å². The van der Waals surface area contributed by atoms with Gasteiger partial charge in [0.25, 0.3) is 0 Å². The second kappa shape index (κ2) is 3.40. The van der Waals surface area contributed by atoms with Crippen LogP contribution in [0.25, 0.3) is 0 Å². The molecule has 0 amide bonds. The van der Waals surface area contributed by atoms with E-state index in [1.165, 1.54) is 6.92 Å². The van der Waals surface area contributed by atoms with Crippen molar-refractivity contribution in [2.75, 3.05) is 11.5 Å². The van der Waals surface area contributed by atoms with E-state index < -0.39 is 24.1 Å². The fourth-order valence-corrected chi connectivity index (χ4v) is 4.61. The third kappa shape index (κ3) is 2.82. The minimum atomic E-state index is -3.63. The fraction of sp³-hybridized carbons (Fsp3) is 1.00. The van der Waals surface area contributed by atoms with E-state index in [2.05, 4.69) is 0 Å². The maximum Gasteiger partial charge on any atom is 0.235 e.